The minimum atomic E-state index is -3.49. The van der Waals surface area contributed by atoms with Gasteiger partial charge in [-0.2, -0.15) is 12.7 Å². The van der Waals surface area contributed by atoms with Gasteiger partial charge in [-0.15, -0.1) is 0 Å². The number of anilines is 1. The number of nitrogens with zero attached hydrogens (tertiary/aromatic N) is 1. The molecule has 0 unspecified atom stereocenters. The van der Waals surface area contributed by atoms with Gasteiger partial charge in [0.15, 0.2) is 0 Å². The third-order valence-electron chi connectivity index (χ3n) is 2.92. The van der Waals surface area contributed by atoms with Crippen LogP contribution in [-0.4, -0.2) is 33.9 Å². The first-order valence-electron chi connectivity index (χ1n) is 6.07. The summed E-state index contributed by atoms with van der Waals surface area (Å²) < 4.78 is 32.8. The number of hydrogen-bond acceptors (Lipinski definition) is 3. The van der Waals surface area contributed by atoms with Crippen LogP contribution in [0.1, 0.15) is 30.9 Å². The van der Waals surface area contributed by atoms with Crippen molar-refractivity contribution >= 4 is 15.9 Å². The van der Waals surface area contributed by atoms with Crippen molar-refractivity contribution in [2.24, 2.45) is 0 Å². The molecule has 0 heterocycles. The first-order valence-corrected chi connectivity index (χ1v) is 7.51. The fourth-order valence-corrected chi connectivity index (χ4v) is 2.35. The van der Waals surface area contributed by atoms with Gasteiger partial charge in [0.2, 0.25) is 0 Å². The molecule has 0 aliphatic heterocycles. The molecule has 0 aromatic heterocycles. The molecule has 0 atom stereocenters. The van der Waals surface area contributed by atoms with Gasteiger partial charge in [-0.1, -0.05) is 13.8 Å². The van der Waals surface area contributed by atoms with Crippen molar-refractivity contribution in [1.82, 2.24) is 4.31 Å². The Hall–Kier alpha value is -1.27. The van der Waals surface area contributed by atoms with Crippen LogP contribution in [0.5, 0.6) is 5.75 Å². The van der Waals surface area contributed by atoms with Crippen molar-refractivity contribution in [1.29, 1.82) is 0 Å². The van der Waals surface area contributed by atoms with Crippen molar-refractivity contribution in [2.45, 2.75) is 26.7 Å². The Kier molecular flexibility index (Phi) is 4.81. The topological polar surface area (TPSA) is 58.6 Å². The molecule has 108 valence electrons. The molecular formula is C13H22N2O3S. The van der Waals surface area contributed by atoms with E-state index in [0.717, 1.165) is 21.2 Å². The summed E-state index contributed by atoms with van der Waals surface area (Å²) in [6, 6.07) is 3.68. The molecule has 0 fully saturated rings. The Labute approximate surface area is 115 Å². The lowest BCUT2D eigenvalue weighted by atomic mass is 9.99. The van der Waals surface area contributed by atoms with E-state index in [4.69, 9.17) is 4.74 Å². The Morgan fingerprint density at radius 1 is 1.26 bits per heavy atom. The minimum Gasteiger partial charge on any atom is -0.496 e. The number of nitrogens with one attached hydrogen (secondary N) is 1. The highest BCUT2D eigenvalue weighted by atomic mass is 32.2. The Bertz CT molecular complexity index is 551. The zero-order valence-corrected chi connectivity index (χ0v) is 13.1. The molecule has 1 rings (SSSR count). The molecule has 0 amide bonds. The van der Waals surface area contributed by atoms with E-state index in [1.807, 2.05) is 32.9 Å². The van der Waals surface area contributed by atoms with Crippen molar-refractivity contribution in [3.05, 3.63) is 23.3 Å². The second-order valence-electron chi connectivity index (χ2n) is 4.95. The predicted molar refractivity (Wildman–Crippen MR) is 78.0 cm³/mol. The van der Waals surface area contributed by atoms with Gasteiger partial charge in [-0.05, 0) is 36.1 Å². The molecule has 0 saturated heterocycles. The lowest BCUT2D eigenvalue weighted by molar-refractivity contribution is 0.407. The van der Waals surface area contributed by atoms with Crippen LogP contribution < -0.4 is 9.46 Å². The molecule has 5 nitrogen and oxygen atoms in total. The summed E-state index contributed by atoms with van der Waals surface area (Å²) in [6.07, 6.45) is 0. The van der Waals surface area contributed by atoms with Crippen LogP contribution in [0.15, 0.2) is 12.1 Å². The Morgan fingerprint density at radius 2 is 1.84 bits per heavy atom. The molecule has 1 N–H and O–H groups in total. The van der Waals surface area contributed by atoms with Crippen LogP contribution in [0.2, 0.25) is 0 Å². The average Bonchev–Trinajstić information content (AvgIpc) is 2.30. The maximum absolute atomic E-state index is 11.9. The number of methoxy groups -OCH3 is 1. The average molecular weight is 286 g/mol. The van der Waals surface area contributed by atoms with E-state index >= 15 is 0 Å². The summed E-state index contributed by atoms with van der Waals surface area (Å²) in [5.74, 6) is 1.03. The lowest BCUT2D eigenvalue weighted by Crippen LogP contribution is -2.29. The fraction of sp³-hybridized carbons (Fsp3) is 0.538. The first kappa shape index (κ1) is 15.8. The van der Waals surface area contributed by atoms with Crippen molar-refractivity contribution < 1.29 is 13.2 Å². The monoisotopic (exact) mass is 286 g/mol. The molecule has 0 spiro atoms. The smallest absolute Gasteiger partial charge is 0.301 e. The minimum absolute atomic E-state index is 0.248. The number of rotatable bonds is 5. The second kappa shape index (κ2) is 5.79. The van der Waals surface area contributed by atoms with Gasteiger partial charge < -0.3 is 4.74 Å². The molecule has 0 saturated carbocycles. The van der Waals surface area contributed by atoms with Crippen LogP contribution in [0.4, 0.5) is 5.69 Å². The molecule has 0 bridgehead atoms. The highest BCUT2D eigenvalue weighted by Gasteiger charge is 2.17. The summed E-state index contributed by atoms with van der Waals surface area (Å²) >= 11 is 0. The molecule has 19 heavy (non-hydrogen) atoms. The third kappa shape index (κ3) is 3.61. The van der Waals surface area contributed by atoms with Crippen molar-refractivity contribution in [2.75, 3.05) is 25.9 Å². The number of ether oxygens (including phenoxy) is 1. The Morgan fingerprint density at radius 3 is 2.26 bits per heavy atom. The van der Waals surface area contributed by atoms with E-state index in [2.05, 4.69) is 4.72 Å². The summed E-state index contributed by atoms with van der Waals surface area (Å²) in [7, 11) is 1.10. The SMILES string of the molecule is COc1cc(C)c(NS(=O)(=O)N(C)C)cc1C(C)C. The molecule has 6 heteroatoms. The zero-order chi connectivity index (χ0) is 14.8. The van der Waals surface area contributed by atoms with Crippen molar-refractivity contribution in [3.8, 4) is 5.75 Å². The number of benzene rings is 1. The van der Waals surface area contributed by atoms with E-state index < -0.39 is 10.2 Å². The Balaban J connectivity index is 3.27. The molecule has 0 radical (unpaired) electrons. The third-order valence-corrected chi connectivity index (χ3v) is 4.36. The summed E-state index contributed by atoms with van der Waals surface area (Å²) in [6.45, 7) is 5.93. The van der Waals surface area contributed by atoms with Crippen LogP contribution >= 0.6 is 0 Å². The summed E-state index contributed by atoms with van der Waals surface area (Å²) in [4.78, 5) is 0. The van der Waals surface area contributed by atoms with Gasteiger partial charge >= 0.3 is 10.2 Å². The standard InChI is InChI=1S/C13H22N2O3S/c1-9(2)11-8-12(10(3)7-13(11)18-6)14-19(16,17)15(4)5/h7-9,14H,1-6H3. The summed E-state index contributed by atoms with van der Waals surface area (Å²) in [5.41, 5.74) is 2.38. The molecule has 0 aliphatic rings. The van der Waals surface area contributed by atoms with Gasteiger partial charge in [0, 0.05) is 14.1 Å². The van der Waals surface area contributed by atoms with Crippen LogP contribution in [0.25, 0.3) is 0 Å². The highest BCUT2D eigenvalue weighted by Crippen LogP contribution is 2.32. The largest absolute Gasteiger partial charge is 0.496 e. The van der Waals surface area contributed by atoms with E-state index in [1.165, 1.54) is 14.1 Å². The second-order valence-corrected chi connectivity index (χ2v) is 6.84. The van der Waals surface area contributed by atoms with Crippen LogP contribution in [-0.2, 0) is 10.2 Å². The molecule has 1 aromatic carbocycles. The highest BCUT2D eigenvalue weighted by molar-refractivity contribution is 7.90. The van der Waals surface area contributed by atoms with Gasteiger partial charge in [0.25, 0.3) is 0 Å². The summed E-state index contributed by atoms with van der Waals surface area (Å²) in [5, 5.41) is 0. The maximum Gasteiger partial charge on any atom is 0.301 e. The van der Waals surface area contributed by atoms with Crippen molar-refractivity contribution in [3.63, 3.8) is 0 Å². The quantitative estimate of drug-likeness (QED) is 0.904. The van der Waals surface area contributed by atoms with Gasteiger partial charge in [0.05, 0.1) is 12.8 Å². The predicted octanol–water partition coefficient (Wildman–Crippen LogP) is 2.35. The maximum atomic E-state index is 11.9. The van der Waals surface area contributed by atoms with Crippen LogP contribution in [0.3, 0.4) is 0 Å². The van der Waals surface area contributed by atoms with E-state index in [1.54, 1.807) is 7.11 Å². The fourth-order valence-electron chi connectivity index (χ4n) is 1.67. The van der Waals surface area contributed by atoms with Gasteiger partial charge in [0.1, 0.15) is 5.75 Å². The molecule has 0 aliphatic carbocycles. The van der Waals surface area contributed by atoms with Gasteiger partial charge in [-0.25, -0.2) is 0 Å². The van der Waals surface area contributed by atoms with E-state index in [9.17, 15) is 8.42 Å². The normalized spacial score (nSPS) is 12.0. The number of hydrogen-bond donors (Lipinski definition) is 1. The van der Waals surface area contributed by atoms with Crippen LogP contribution in [0, 0.1) is 6.92 Å². The van der Waals surface area contributed by atoms with E-state index in [-0.39, 0.29) is 5.92 Å². The first-order chi connectivity index (χ1) is 8.69. The van der Waals surface area contributed by atoms with E-state index in [0.29, 0.717) is 5.69 Å². The molecular weight excluding hydrogens is 264 g/mol. The molecule has 1 aromatic rings. The van der Waals surface area contributed by atoms with Gasteiger partial charge in [-0.3, -0.25) is 4.72 Å². The zero-order valence-electron chi connectivity index (χ0n) is 12.3. The lowest BCUT2D eigenvalue weighted by Gasteiger charge is -2.19. The number of aryl methyl sites for hydroxylation is 1.